The summed E-state index contributed by atoms with van der Waals surface area (Å²) in [6.45, 7) is 5.41. The predicted octanol–water partition coefficient (Wildman–Crippen LogP) is 1.92. The molecule has 0 aliphatic rings. The van der Waals surface area contributed by atoms with Crippen LogP contribution in [0, 0.1) is 0 Å². The standard InChI is InChI=1S/C19H27N7O.HI/c1-4-20-18(22-13-19(2,27)14-11-23-26(3)12-14)21-10-9-17-24-15-7-5-6-8-16(15)25-17;/h5-8,11-12,27H,4,9-10,13H2,1-3H3,(H,24,25)(H2,20,21,22);1H. The van der Waals surface area contributed by atoms with Crippen molar-refractivity contribution in [2.75, 3.05) is 19.6 Å². The number of aliphatic imine (C=N–C) groups is 1. The number of hydrogen-bond acceptors (Lipinski definition) is 4. The lowest BCUT2D eigenvalue weighted by Crippen LogP contribution is -2.39. The van der Waals surface area contributed by atoms with Crippen molar-refractivity contribution in [3.05, 3.63) is 48.0 Å². The Morgan fingerprint density at radius 1 is 1.32 bits per heavy atom. The zero-order chi connectivity index (χ0) is 19.3. The molecular formula is C19H28IN7O. The topological polar surface area (TPSA) is 103 Å². The Balaban J connectivity index is 0.00000280. The minimum Gasteiger partial charge on any atom is -0.383 e. The molecule has 8 nitrogen and oxygen atoms in total. The van der Waals surface area contributed by atoms with Crippen LogP contribution >= 0.6 is 24.0 Å². The number of nitrogens with one attached hydrogen (secondary N) is 3. The van der Waals surface area contributed by atoms with Crippen LogP contribution in [0.25, 0.3) is 11.0 Å². The fraction of sp³-hybridized carbons (Fsp3) is 0.421. The van der Waals surface area contributed by atoms with Crippen LogP contribution in [0.15, 0.2) is 41.7 Å². The summed E-state index contributed by atoms with van der Waals surface area (Å²) in [5, 5.41) is 21.3. The number of H-pyrrole nitrogens is 1. The van der Waals surface area contributed by atoms with E-state index in [4.69, 9.17) is 0 Å². The monoisotopic (exact) mass is 497 g/mol. The quantitative estimate of drug-likeness (QED) is 0.227. The molecule has 1 unspecified atom stereocenters. The molecule has 2 aromatic heterocycles. The van der Waals surface area contributed by atoms with E-state index in [1.54, 1.807) is 24.0 Å². The van der Waals surface area contributed by atoms with Gasteiger partial charge in [0.1, 0.15) is 11.4 Å². The number of nitrogens with zero attached hydrogens (tertiary/aromatic N) is 4. The van der Waals surface area contributed by atoms with Gasteiger partial charge in [-0.05, 0) is 26.0 Å². The zero-order valence-corrected chi connectivity index (χ0v) is 18.8. The van der Waals surface area contributed by atoms with E-state index in [1.807, 2.05) is 38.2 Å². The first-order valence-electron chi connectivity index (χ1n) is 9.15. The van der Waals surface area contributed by atoms with E-state index in [1.165, 1.54) is 0 Å². The number of benzene rings is 1. The Kier molecular flexibility index (Phi) is 7.81. The van der Waals surface area contributed by atoms with Crippen LogP contribution in [0.1, 0.15) is 25.2 Å². The molecule has 3 aromatic rings. The lowest BCUT2D eigenvalue weighted by molar-refractivity contribution is 0.0672. The van der Waals surface area contributed by atoms with Crippen LogP contribution in [0.4, 0.5) is 0 Å². The fourth-order valence-electron chi connectivity index (χ4n) is 2.79. The Bertz CT molecular complexity index is 883. The second kappa shape index (κ2) is 9.87. The molecule has 0 fully saturated rings. The molecule has 0 aliphatic heterocycles. The number of para-hydroxylation sites is 2. The molecule has 9 heteroatoms. The molecule has 0 radical (unpaired) electrons. The Labute approximate surface area is 181 Å². The first kappa shape index (κ1) is 22.2. The molecule has 3 rings (SSSR count). The first-order valence-corrected chi connectivity index (χ1v) is 9.15. The molecule has 28 heavy (non-hydrogen) atoms. The first-order chi connectivity index (χ1) is 13.0. The molecule has 0 bridgehead atoms. The summed E-state index contributed by atoms with van der Waals surface area (Å²) in [5.41, 5.74) is 1.68. The van der Waals surface area contributed by atoms with E-state index in [0.717, 1.165) is 35.4 Å². The average molecular weight is 497 g/mol. The van der Waals surface area contributed by atoms with Crippen molar-refractivity contribution in [1.29, 1.82) is 0 Å². The van der Waals surface area contributed by atoms with Gasteiger partial charge in [-0.1, -0.05) is 12.1 Å². The molecule has 0 aliphatic carbocycles. The summed E-state index contributed by atoms with van der Waals surface area (Å²) in [6, 6.07) is 7.99. The second-order valence-corrected chi connectivity index (χ2v) is 6.75. The number of imidazole rings is 1. The zero-order valence-electron chi connectivity index (χ0n) is 16.4. The number of aromatic amines is 1. The van der Waals surface area contributed by atoms with Crippen LogP contribution in [0.3, 0.4) is 0 Å². The summed E-state index contributed by atoms with van der Waals surface area (Å²) in [7, 11) is 1.83. The molecule has 1 atom stereocenters. The van der Waals surface area contributed by atoms with Gasteiger partial charge in [-0.15, -0.1) is 24.0 Å². The van der Waals surface area contributed by atoms with Gasteiger partial charge in [-0.25, -0.2) is 9.98 Å². The molecule has 0 saturated heterocycles. The number of aromatic nitrogens is 4. The largest absolute Gasteiger partial charge is 0.383 e. The molecule has 0 amide bonds. The maximum absolute atomic E-state index is 10.7. The predicted molar refractivity (Wildman–Crippen MR) is 122 cm³/mol. The Morgan fingerprint density at radius 3 is 2.79 bits per heavy atom. The van der Waals surface area contributed by atoms with E-state index >= 15 is 0 Å². The van der Waals surface area contributed by atoms with Gasteiger partial charge >= 0.3 is 0 Å². The number of aryl methyl sites for hydroxylation is 1. The number of hydrogen-bond donors (Lipinski definition) is 4. The van der Waals surface area contributed by atoms with Gasteiger partial charge in [0.25, 0.3) is 0 Å². The van der Waals surface area contributed by atoms with Crippen molar-refractivity contribution in [2.45, 2.75) is 25.9 Å². The number of guanidine groups is 1. The highest BCUT2D eigenvalue weighted by Gasteiger charge is 2.24. The van der Waals surface area contributed by atoms with Crippen LogP contribution < -0.4 is 10.6 Å². The number of rotatable bonds is 7. The van der Waals surface area contributed by atoms with Gasteiger partial charge in [0, 0.05) is 38.3 Å². The average Bonchev–Trinajstić information content (AvgIpc) is 3.26. The van der Waals surface area contributed by atoms with Crippen LogP contribution in [0.2, 0.25) is 0 Å². The number of halogens is 1. The van der Waals surface area contributed by atoms with Crippen LogP contribution in [-0.2, 0) is 19.1 Å². The molecule has 2 heterocycles. The summed E-state index contributed by atoms with van der Waals surface area (Å²) in [6.07, 6.45) is 4.22. The fourth-order valence-corrected chi connectivity index (χ4v) is 2.79. The van der Waals surface area contributed by atoms with E-state index in [-0.39, 0.29) is 30.5 Å². The van der Waals surface area contributed by atoms with E-state index in [2.05, 4.69) is 30.7 Å². The number of aliphatic hydroxyl groups is 1. The lowest BCUT2D eigenvalue weighted by Gasteiger charge is -2.20. The van der Waals surface area contributed by atoms with Crippen molar-refractivity contribution in [2.24, 2.45) is 12.0 Å². The summed E-state index contributed by atoms with van der Waals surface area (Å²) in [4.78, 5) is 12.4. The summed E-state index contributed by atoms with van der Waals surface area (Å²) >= 11 is 0. The molecule has 152 valence electrons. The van der Waals surface area contributed by atoms with Crippen molar-refractivity contribution in [3.63, 3.8) is 0 Å². The van der Waals surface area contributed by atoms with Gasteiger partial charge in [-0.2, -0.15) is 5.10 Å². The maximum Gasteiger partial charge on any atom is 0.191 e. The molecule has 0 spiro atoms. The third-order valence-corrected chi connectivity index (χ3v) is 4.31. The summed E-state index contributed by atoms with van der Waals surface area (Å²) in [5.74, 6) is 1.60. The van der Waals surface area contributed by atoms with Crippen molar-refractivity contribution >= 4 is 41.0 Å². The highest BCUT2D eigenvalue weighted by molar-refractivity contribution is 14.0. The normalized spacial score (nSPS) is 13.8. The third-order valence-electron chi connectivity index (χ3n) is 4.31. The van der Waals surface area contributed by atoms with E-state index < -0.39 is 5.60 Å². The smallest absolute Gasteiger partial charge is 0.191 e. The Hall–Kier alpha value is -2.14. The van der Waals surface area contributed by atoms with Gasteiger partial charge in [0.2, 0.25) is 0 Å². The van der Waals surface area contributed by atoms with Gasteiger partial charge < -0.3 is 20.7 Å². The van der Waals surface area contributed by atoms with Gasteiger partial charge in [-0.3, -0.25) is 4.68 Å². The SMILES string of the molecule is CCNC(=NCC(C)(O)c1cnn(C)c1)NCCc1nc2ccccc2[nH]1.I. The third kappa shape index (κ3) is 5.68. The van der Waals surface area contributed by atoms with Crippen LogP contribution in [0.5, 0.6) is 0 Å². The maximum atomic E-state index is 10.7. The van der Waals surface area contributed by atoms with Crippen molar-refractivity contribution in [1.82, 2.24) is 30.4 Å². The van der Waals surface area contributed by atoms with Crippen molar-refractivity contribution < 1.29 is 5.11 Å². The summed E-state index contributed by atoms with van der Waals surface area (Å²) < 4.78 is 1.67. The molecule has 4 N–H and O–H groups in total. The van der Waals surface area contributed by atoms with Gasteiger partial charge in [0.05, 0.1) is 23.8 Å². The molecule has 1 aromatic carbocycles. The number of fused-ring (bicyclic) bond motifs is 1. The van der Waals surface area contributed by atoms with Crippen molar-refractivity contribution in [3.8, 4) is 0 Å². The van der Waals surface area contributed by atoms with Gasteiger partial charge in [0.15, 0.2) is 5.96 Å². The van der Waals surface area contributed by atoms with Crippen LogP contribution in [-0.4, -0.2) is 50.4 Å². The molecular weight excluding hydrogens is 469 g/mol. The van der Waals surface area contributed by atoms with E-state index in [0.29, 0.717) is 12.5 Å². The second-order valence-electron chi connectivity index (χ2n) is 6.75. The minimum atomic E-state index is -1.07. The minimum absolute atomic E-state index is 0. The highest BCUT2D eigenvalue weighted by Crippen LogP contribution is 2.19. The highest BCUT2D eigenvalue weighted by atomic mass is 127. The molecule has 0 saturated carbocycles. The van der Waals surface area contributed by atoms with E-state index in [9.17, 15) is 5.11 Å². The lowest BCUT2D eigenvalue weighted by atomic mass is 10.0. The Morgan fingerprint density at radius 2 is 2.11 bits per heavy atom.